The molecule has 0 radical (unpaired) electrons. The normalized spacial score (nSPS) is 14.3. The summed E-state index contributed by atoms with van der Waals surface area (Å²) >= 11 is 0. The summed E-state index contributed by atoms with van der Waals surface area (Å²) in [4.78, 5) is 0. The summed E-state index contributed by atoms with van der Waals surface area (Å²) in [7, 11) is -1.81. The summed E-state index contributed by atoms with van der Waals surface area (Å²) in [6.07, 6.45) is 6.36. The van der Waals surface area contributed by atoms with Crippen molar-refractivity contribution in [3.63, 3.8) is 0 Å². The molecule has 4 aromatic carbocycles. The Morgan fingerprint density at radius 2 is 1.71 bits per heavy atom. The van der Waals surface area contributed by atoms with Gasteiger partial charge in [0, 0.05) is 8.07 Å². The van der Waals surface area contributed by atoms with Crippen LogP contribution in [0.15, 0.2) is 54.6 Å². The SMILES string of the molecule is CCCC(C)c1cc([Si](C)(C)c2cc[c-]3cc4c(cc23)CCC4)c2cccc[c-]12.[Li+].[Li+]. The second kappa shape index (κ2) is 9.51. The molecule has 0 N–H and O–H groups in total. The van der Waals surface area contributed by atoms with E-state index in [0.29, 0.717) is 5.92 Å². The minimum absolute atomic E-state index is 0. The van der Waals surface area contributed by atoms with Gasteiger partial charge in [0.05, 0.1) is 0 Å². The summed E-state index contributed by atoms with van der Waals surface area (Å²) < 4.78 is 0. The third kappa shape index (κ3) is 4.10. The monoisotopic (exact) mass is 410 g/mol. The third-order valence-corrected chi connectivity index (χ3v) is 11.0. The Morgan fingerprint density at radius 3 is 2.48 bits per heavy atom. The van der Waals surface area contributed by atoms with Gasteiger partial charge in [-0.2, -0.15) is 6.07 Å². The number of fused-ring (bicyclic) bond motifs is 3. The van der Waals surface area contributed by atoms with E-state index >= 15 is 0 Å². The van der Waals surface area contributed by atoms with E-state index in [9.17, 15) is 0 Å². The van der Waals surface area contributed by atoms with Crippen molar-refractivity contribution in [2.75, 3.05) is 0 Å². The van der Waals surface area contributed by atoms with Crippen molar-refractivity contribution < 1.29 is 37.7 Å². The molecule has 0 saturated heterocycles. The minimum Gasteiger partial charge on any atom is -0.151 e. The van der Waals surface area contributed by atoms with Crippen LogP contribution in [0.3, 0.4) is 0 Å². The van der Waals surface area contributed by atoms with Crippen LogP contribution in [0.4, 0.5) is 0 Å². The maximum atomic E-state index is 2.59. The molecule has 3 heteroatoms. The Hall–Kier alpha value is -0.928. The molecule has 4 aromatic rings. The molecule has 0 amide bonds. The average Bonchev–Trinajstić information content (AvgIpc) is 3.42. The van der Waals surface area contributed by atoms with E-state index in [1.54, 1.807) is 27.1 Å². The van der Waals surface area contributed by atoms with Gasteiger partial charge in [-0.1, -0.05) is 57.0 Å². The van der Waals surface area contributed by atoms with Crippen molar-refractivity contribution in [1.82, 2.24) is 0 Å². The van der Waals surface area contributed by atoms with Gasteiger partial charge in [0.1, 0.15) is 0 Å². The standard InChI is InChI=1S/C28H32Si.2Li/c1-5-9-19(2)25-18-28(24-13-7-6-12-23(24)25)29(3,4)27-15-14-22-16-20-10-8-11-21(20)17-26(22)27;;/h6-7,12-19H,5,8-11H2,1-4H3;;/q-2;2*+1. The summed E-state index contributed by atoms with van der Waals surface area (Å²) in [5.74, 6) is 0.628. The number of hydrogen-bond acceptors (Lipinski definition) is 0. The molecular weight excluding hydrogens is 378 g/mol. The molecule has 1 unspecified atom stereocenters. The van der Waals surface area contributed by atoms with Crippen LogP contribution in [0.25, 0.3) is 21.5 Å². The predicted molar refractivity (Wildman–Crippen MR) is 131 cm³/mol. The van der Waals surface area contributed by atoms with Crippen molar-refractivity contribution in [1.29, 1.82) is 0 Å². The average molecular weight is 411 g/mol. The van der Waals surface area contributed by atoms with Gasteiger partial charge < -0.3 is 0 Å². The van der Waals surface area contributed by atoms with Crippen LogP contribution in [0.2, 0.25) is 13.1 Å². The quantitative estimate of drug-likeness (QED) is 0.335. The van der Waals surface area contributed by atoms with Crippen molar-refractivity contribution in [3.05, 3.63) is 71.3 Å². The minimum atomic E-state index is -1.81. The first kappa shape index (κ1) is 24.7. The Labute approximate surface area is 212 Å². The van der Waals surface area contributed by atoms with E-state index in [4.69, 9.17) is 0 Å². The predicted octanol–water partition coefficient (Wildman–Crippen LogP) is 0.654. The van der Waals surface area contributed by atoms with Crippen molar-refractivity contribution >= 4 is 40.0 Å². The van der Waals surface area contributed by atoms with Crippen LogP contribution in [-0.2, 0) is 12.8 Å². The number of aryl methyl sites for hydroxylation is 2. The van der Waals surface area contributed by atoms with Crippen LogP contribution in [0, 0.1) is 0 Å². The molecule has 31 heavy (non-hydrogen) atoms. The maximum absolute atomic E-state index is 2.59. The fraction of sp³-hybridized carbons (Fsp3) is 0.357. The number of rotatable bonds is 5. The molecule has 5 rings (SSSR count). The van der Waals surface area contributed by atoms with Crippen LogP contribution in [-0.4, -0.2) is 8.07 Å². The zero-order valence-corrected chi connectivity index (χ0v) is 21.3. The molecule has 0 fully saturated rings. The summed E-state index contributed by atoms with van der Waals surface area (Å²) in [6, 6.07) is 21.6. The van der Waals surface area contributed by atoms with E-state index in [1.807, 2.05) is 0 Å². The second-order valence-electron chi connectivity index (χ2n) is 9.68. The Morgan fingerprint density at radius 1 is 0.935 bits per heavy atom. The van der Waals surface area contributed by atoms with Crippen molar-refractivity contribution in [2.45, 2.75) is 65.0 Å². The fourth-order valence-corrected chi connectivity index (χ4v) is 8.85. The molecule has 0 nitrogen and oxygen atoms in total. The molecule has 0 bridgehead atoms. The van der Waals surface area contributed by atoms with Gasteiger partial charge in [0.2, 0.25) is 0 Å². The number of hydrogen-bond donors (Lipinski definition) is 0. The molecule has 1 aliphatic carbocycles. The van der Waals surface area contributed by atoms with Gasteiger partial charge in [-0.15, -0.1) is 86.4 Å². The first-order valence-electron chi connectivity index (χ1n) is 11.4. The summed E-state index contributed by atoms with van der Waals surface area (Å²) in [6.45, 7) is 9.83. The molecule has 0 spiro atoms. The molecule has 0 aliphatic heterocycles. The molecular formula is C28H32Li2Si. The fourth-order valence-electron chi connectivity index (χ4n) is 5.76. The van der Waals surface area contributed by atoms with Gasteiger partial charge in [0.15, 0.2) is 0 Å². The number of benzene rings is 2. The summed E-state index contributed by atoms with van der Waals surface area (Å²) in [5.41, 5.74) is 4.75. The molecule has 150 valence electrons. The van der Waals surface area contributed by atoms with Gasteiger partial charge in [0.25, 0.3) is 0 Å². The van der Waals surface area contributed by atoms with Crippen LogP contribution < -0.4 is 48.1 Å². The van der Waals surface area contributed by atoms with E-state index in [1.165, 1.54) is 53.6 Å². The summed E-state index contributed by atoms with van der Waals surface area (Å²) in [5, 5.41) is 9.21. The second-order valence-corrected chi connectivity index (χ2v) is 14.0. The van der Waals surface area contributed by atoms with Crippen LogP contribution >= 0.6 is 0 Å². The Bertz CT molecular complexity index is 1190. The van der Waals surface area contributed by atoms with E-state index in [2.05, 4.69) is 81.5 Å². The smallest absolute Gasteiger partial charge is 0.151 e. The van der Waals surface area contributed by atoms with E-state index in [-0.39, 0.29) is 37.7 Å². The largest absolute Gasteiger partial charge is 1.00 e. The van der Waals surface area contributed by atoms with Gasteiger partial charge in [-0.25, -0.2) is 0 Å². The van der Waals surface area contributed by atoms with Crippen molar-refractivity contribution in [3.8, 4) is 0 Å². The van der Waals surface area contributed by atoms with Gasteiger partial charge in [-0.3, -0.25) is 0 Å². The molecule has 0 saturated carbocycles. The molecule has 0 heterocycles. The van der Waals surface area contributed by atoms with Gasteiger partial charge >= 0.3 is 37.7 Å². The van der Waals surface area contributed by atoms with E-state index < -0.39 is 8.07 Å². The molecule has 1 atom stereocenters. The topological polar surface area (TPSA) is 0 Å². The van der Waals surface area contributed by atoms with Gasteiger partial charge in [-0.05, 0) is 18.8 Å². The zero-order valence-electron chi connectivity index (χ0n) is 20.3. The van der Waals surface area contributed by atoms with E-state index in [0.717, 1.165) is 0 Å². The maximum Gasteiger partial charge on any atom is 1.00 e. The Kier molecular flexibility index (Phi) is 7.58. The zero-order chi connectivity index (χ0) is 20.2. The van der Waals surface area contributed by atoms with Crippen molar-refractivity contribution in [2.24, 2.45) is 0 Å². The first-order chi connectivity index (χ1) is 14.0. The molecule has 1 aliphatic rings. The first-order valence-corrected chi connectivity index (χ1v) is 14.4. The van der Waals surface area contributed by atoms with Crippen LogP contribution in [0.1, 0.15) is 55.7 Å². The van der Waals surface area contributed by atoms with Crippen LogP contribution in [0.5, 0.6) is 0 Å². The Balaban J connectivity index is 0.00000136. The third-order valence-electron chi connectivity index (χ3n) is 7.41. The molecule has 0 aromatic heterocycles.